The zero-order valence-corrected chi connectivity index (χ0v) is 24.1. The molecule has 0 nitrogen and oxygen atoms in total. The average molecular weight is 513 g/mol. The second kappa shape index (κ2) is 10.6. The van der Waals surface area contributed by atoms with Crippen LogP contribution in [0.5, 0.6) is 0 Å². The van der Waals surface area contributed by atoms with E-state index in [4.69, 9.17) is 0 Å². The van der Waals surface area contributed by atoms with E-state index >= 15 is 0 Å². The van der Waals surface area contributed by atoms with Gasteiger partial charge in [0, 0.05) is 0 Å². The Kier molecular flexibility index (Phi) is 9.68. The van der Waals surface area contributed by atoms with Crippen molar-refractivity contribution in [2.24, 2.45) is 5.92 Å². The minimum atomic E-state index is -2.36. The number of hydrogen-bond acceptors (Lipinski definition) is 0. The van der Waals surface area contributed by atoms with Crippen LogP contribution in [0.3, 0.4) is 0 Å². The zero-order valence-electron chi connectivity index (χ0n) is 18.0. The van der Waals surface area contributed by atoms with Crippen LogP contribution >= 0.6 is 24.8 Å². The number of allylic oxidation sites excluding steroid dienone is 4. The van der Waals surface area contributed by atoms with E-state index in [2.05, 4.69) is 73.1 Å². The SMILES string of the molecule is CC.CC(C)C1=CC[C]([Zr]([CH3])([SiH3])[c]2cccc3c2Cc2ccccc2-3)=C1.Cl.Cl. The van der Waals surface area contributed by atoms with Crippen LogP contribution < -0.4 is 3.27 Å². The Morgan fingerprint density at radius 2 is 1.57 bits per heavy atom. The van der Waals surface area contributed by atoms with E-state index in [1.54, 1.807) is 14.4 Å². The number of benzene rings is 2. The predicted molar refractivity (Wildman–Crippen MR) is 132 cm³/mol. The van der Waals surface area contributed by atoms with Gasteiger partial charge in [-0.2, -0.15) is 0 Å². The van der Waals surface area contributed by atoms with Gasteiger partial charge >= 0.3 is 153 Å². The van der Waals surface area contributed by atoms with Crippen LogP contribution in [0, 0.1) is 5.92 Å². The fourth-order valence-corrected chi connectivity index (χ4v) is 16.4. The van der Waals surface area contributed by atoms with Crippen molar-refractivity contribution in [3.05, 3.63) is 74.6 Å². The first-order valence-electron chi connectivity index (χ1n) is 10.1. The van der Waals surface area contributed by atoms with Crippen LogP contribution in [0.25, 0.3) is 11.1 Å². The van der Waals surface area contributed by atoms with Gasteiger partial charge in [-0.3, -0.25) is 0 Å². The van der Waals surface area contributed by atoms with Crippen LogP contribution in [-0.4, -0.2) is 7.37 Å². The third-order valence-electron chi connectivity index (χ3n) is 5.89. The molecule has 1 atom stereocenters. The van der Waals surface area contributed by atoms with Crippen molar-refractivity contribution >= 4 is 35.5 Å². The van der Waals surface area contributed by atoms with Gasteiger partial charge < -0.3 is 0 Å². The molecule has 0 N–H and O–H groups in total. The van der Waals surface area contributed by atoms with Crippen molar-refractivity contribution in [1.29, 1.82) is 0 Å². The van der Waals surface area contributed by atoms with E-state index < -0.39 is 19.4 Å². The van der Waals surface area contributed by atoms with Crippen molar-refractivity contribution < 1.29 is 19.4 Å². The maximum absolute atomic E-state index is 2.67. The molecule has 0 saturated heterocycles. The van der Waals surface area contributed by atoms with E-state index in [9.17, 15) is 0 Å². The Labute approximate surface area is 190 Å². The van der Waals surface area contributed by atoms with Crippen molar-refractivity contribution in [2.45, 2.75) is 45.2 Å². The molecule has 0 bridgehead atoms. The normalized spacial score (nSPS) is 15.8. The third kappa shape index (κ3) is 4.67. The topological polar surface area (TPSA) is 0 Å². The summed E-state index contributed by atoms with van der Waals surface area (Å²) in [6, 6.07) is 16.1. The van der Waals surface area contributed by atoms with Gasteiger partial charge in [-0.05, 0) is 0 Å². The molecule has 0 amide bonds. The molecule has 0 radical (unpaired) electrons. The molecule has 1 unspecified atom stereocenters. The Morgan fingerprint density at radius 3 is 2.21 bits per heavy atom. The number of halogens is 2. The molecule has 0 heterocycles. The van der Waals surface area contributed by atoms with Gasteiger partial charge in [0.2, 0.25) is 0 Å². The maximum atomic E-state index is 2.67. The Bertz CT molecular complexity index is 882. The van der Waals surface area contributed by atoms with Crippen LogP contribution in [0.15, 0.2) is 63.5 Å². The van der Waals surface area contributed by atoms with Gasteiger partial charge in [0.15, 0.2) is 0 Å². The van der Waals surface area contributed by atoms with Crippen LogP contribution in [0.4, 0.5) is 0 Å². The Hall–Kier alpha value is -0.400. The van der Waals surface area contributed by atoms with Gasteiger partial charge in [0.05, 0.1) is 0 Å². The second-order valence-corrected chi connectivity index (χ2v) is 30.7. The first-order chi connectivity index (χ1) is 12.5. The number of rotatable bonds is 3. The molecule has 0 fully saturated rings. The molecule has 0 saturated carbocycles. The minimum Gasteiger partial charge on any atom is -0.147 e. The molecule has 2 aromatic rings. The quantitative estimate of drug-likeness (QED) is 0.372. The van der Waals surface area contributed by atoms with Gasteiger partial charge in [-0.15, -0.1) is 24.8 Å². The molecule has 0 aromatic heterocycles. The van der Waals surface area contributed by atoms with Crippen LogP contribution in [0.1, 0.15) is 45.2 Å². The summed E-state index contributed by atoms with van der Waals surface area (Å²) < 4.78 is 6.26. The first kappa shape index (κ1) is 25.6. The maximum Gasteiger partial charge on any atom is -0.147 e. The van der Waals surface area contributed by atoms with Crippen molar-refractivity contribution in [3.63, 3.8) is 0 Å². The molecular formula is C24H34Cl2SiZr. The van der Waals surface area contributed by atoms with Gasteiger partial charge in [0.25, 0.3) is 0 Å². The van der Waals surface area contributed by atoms with E-state index in [-0.39, 0.29) is 24.8 Å². The summed E-state index contributed by atoms with van der Waals surface area (Å²) in [7, 11) is 1.35. The van der Waals surface area contributed by atoms with Gasteiger partial charge in [0.1, 0.15) is 0 Å². The third-order valence-corrected chi connectivity index (χ3v) is 22.1. The molecule has 28 heavy (non-hydrogen) atoms. The van der Waals surface area contributed by atoms with Gasteiger partial charge in [-0.25, -0.2) is 0 Å². The summed E-state index contributed by atoms with van der Waals surface area (Å²) in [4.78, 5) is 0. The molecule has 2 aliphatic carbocycles. The molecule has 0 aliphatic heterocycles. The fourth-order valence-electron chi connectivity index (χ4n) is 4.30. The van der Waals surface area contributed by atoms with Crippen molar-refractivity contribution in [1.82, 2.24) is 0 Å². The van der Waals surface area contributed by atoms with Crippen LogP contribution in [-0.2, 0) is 25.8 Å². The molecule has 0 spiro atoms. The predicted octanol–water partition coefficient (Wildman–Crippen LogP) is 6.11. The second-order valence-electron chi connectivity index (χ2n) is 8.02. The molecular weight excluding hydrogens is 478 g/mol. The average Bonchev–Trinajstić information content (AvgIpc) is 3.28. The van der Waals surface area contributed by atoms with E-state index in [0.29, 0.717) is 5.92 Å². The molecule has 4 rings (SSSR count). The molecule has 152 valence electrons. The molecule has 2 aromatic carbocycles. The monoisotopic (exact) mass is 510 g/mol. The minimum absolute atomic E-state index is 0. The number of fused-ring (bicyclic) bond motifs is 3. The largest absolute Gasteiger partial charge is 0.147 e. The molecule has 2 aliphatic rings. The van der Waals surface area contributed by atoms with Gasteiger partial charge in [-0.1, -0.05) is 13.8 Å². The van der Waals surface area contributed by atoms with Crippen LogP contribution in [0.2, 0.25) is 4.63 Å². The van der Waals surface area contributed by atoms with E-state index in [0.717, 1.165) is 6.42 Å². The van der Waals surface area contributed by atoms with Crippen molar-refractivity contribution in [2.75, 3.05) is 0 Å². The number of hydrogen-bond donors (Lipinski definition) is 0. The van der Waals surface area contributed by atoms with E-state index in [1.165, 1.54) is 30.5 Å². The smallest absolute Gasteiger partial charge is 0.147 e. The fraction of sp³-hybridized carbons (Fsp3) is 0.333. The summed E-state index contributed by atoms with van der Waals surface area (Å²) in [6.45, 7) is 8.64. The standard InChI is InChI=1S/C13H9.C8H11.C2H6.CH3.2ClH.H3Si.Zr/c1-3-7-12-10(5-1)9-11-6-2-4-8-13(11)12;1-7(2)8-5-3-4-6-8;1-2;;;;;/h1-5,7-8H,9H2;5-7H,3H2,1-2H3;1-2H3;1H3;2*1H;1H3;. The summed E-state index contributed by atoms with van der Waals surface area (Å²) in [5, 5.41) is 0. The summed E-state index contributed by atoms with van der Waals surface area (Å²) >= 11 is -2.36. The Morgan fingerprint density at radius 1 is 0.929 bits per heavy atom. The first-order valence-corrected chi connectivity index (χ1v) is 23.4. The van der Waals surface area contributed by atoms with Crippen molar-refractivity contribution in [3.8, 4) is 11.1 Å². The summed E-state index contributed by atoms with van der Waals surface area (Å²) in [5.74, 6) is 0.664. The Balaban J connectivity index is 0.000000950. The van der Waals surface area contributed by atoms with E-state index in [1.807, 2.05) is 17.1 Å². The summed E-state index contributed by atoms with van der Waals surface area (Å²) in [5.41, 5.74) is 7.73. The summed E-state index contributed by atoms with van der Waals surface area (Å²) in [6.07, 6.45) is 7.44. The molecule has 4 heteroatoms. The zero-order chi connectivity index (χ0) is 18.9.